The zero-order valence-electron chi connectivity index (χ0n) is 22.4. The molecule has 206 valence electrons. The van der Waals surface area contributed by atoms with E-state index in [4.69, 9.17) is 19.3 Å². The summed E-state index contributed by atoms with van der Waals surface area (Å²) in [4.78, 5) is 15.6. The lowest BCUT2D eigenvalue weighted by Crippen LogP contribution is -2.08. The molecule has 1 aliphatic heterocycles. The monoisotopic (exact) mass is 551 g/mol. The largest absolute Gasteiger partial charge is 0.494 e. The van der Waals surface area contributed by atoms with Crippen molar-refractivity contribution in [3.05, 3.63) is 70.4 Å². The Hall–Kier alpha value is -3.59. The van der Waals surface area contributed by atoms with Crippen molar-refractivity contribution >= 4 is 15.8 Å². The van der Waals surface area contributed by atoms with Crippen LogP contribution in [0.15, 0.2) is 42.6 Å². The quantitative estimate of drug-likeness (QED) is 0.343. The summed E-state index contributed by atoms with van der Waals surface area (Å²) in [7, 11) is -3.00. The fourth-order valence-corrected chi connectivity index (χ4v) is 6.29. The lowest BCUT2D eigenvalue weighted by molar-refractivity contribution is -0.137. The Morgan fingerprint density at radius 2 is 1.92 bits per heavy atom. The minimum Gasteiger partial charge on any atom is -0.494 e. The molecule has 3 aromatic rings. The molecule has 1 aromatic heterocycles. The minimum atomic E-state index is -3.00. The SMILES string of the molecule is Cc1cc(OCCCS(C)(=O)=O)cc(C)c1-c1cccc2c1CCC2Oc1cc2c(cn1)[C@H](CC(=O)O)CO2. The molecule has 5 rings (SSSR count). The third kappa shape index (κ3) is 6.03. The predicted octanol–water partition coefficient (Wildman–Crippen LogP) is 5.20. The van der Waals surface area contributed by atoms with E-state index in [1.807, 2.05) is 12.1 Å². The topological polar surface area (TPSA) is 112 Å². The summed E-state index contributed by atoms with van der Waals surface area (Å²) >= 11 is 0. The molecule has 9 heteroatoms. The van der Waals surface area contributed by atoms with Crippen LogP contribution in [-0.4, -0.2) is 49.7 Å². The molecule has 1 unspecified atom stereocenters. The Bertz CT molecular complexity index is 1490. The normalized spacial score (nSPS) is 17.8. The van der Waals surface area contributed by atoms with Gasteiger partial charge in [-0.3, -0.25) is 4.79 Å². The lowest BCUT2D eigenvalue weighted by atomic mass is 9.90. The van der Waals surface area contributed by atoms with Crippen molar-refractivity contribution in [1.29, 1.82) is 0 Å². The summed E-state index contributed by atoms with van der Waals surface area (Å²) in [5.74, 6) is 0.922. The van der Waals surface area contributed by atoms with Gasteiger partial charge in [0.05, 0.1) is 25.4 Å². The highest BCUT2D eigenvalue weighted by Gasteiger charge is 2.30. The van der Waals surface area contributed by atoms with Crippen molar-refractivity contribution in [2.24, 2.45) is 0 Å². The minimum absolute atomic E-state index is 0.0166. The summed E-state index contributed by atoms with van der Waals surface area (Å²) < 4.78 is 40.6. The van der Waals surface area contributed by atoms with Gasteiger partial charge in [-0.25, -0.2) is 13.4 Å². The molecule has 39 heavy (non-hydrogen) atoms. The van der Waals surface area contributed by atoms with Crippen LogP contribution in [0.1, 0.15) is 59.1 Å². The van der Waals surface area contributed by atoms with Crippen LogP contribution in [0, 0.1) is 13.8 Å². The Morgan fingerprint density at radius 3 is 2.64 bits per heavy atom. The summed E-state index contributed by atoms with van der Waals surface area (Å²) in [6, 6.07) is 12.1. The zero-order valence-corrected chi connectivity index (χ0v) is 23.2. The molecule has 0 saturated carbocycles. The number of aryl methyl sites for hydroxylation is 2. The average molecular weight is 552 g/mol. The number of benzene rings is 2. The molecule has 2 atom stereocenters. The van der Waals surface area contributed by atoms with E-state index >= 15 is 0 Å². The standard InChI is InChI=1S/C30H33NO7S/c1-18-12-21(36-10-5-11-39(3,34)35)13-19(2)30(18)24-7-4-6-23-22(24)8-9-26(23)38-28-15-27-25(16-31-28)20(17-37-27)14-29(32)33/h4,6-7,12-13,15-16,20,26H,5,8-11,14,17H2,1-3H3,(H,32,33)/t20-,26?/m1/s1. The smallest absolute Gasteiger partial charge is 0.304 e. The first-order chi connectivity index (χ1) is 18.6. The van der Waals surface area contributed by atoms with Crippen molar-refractivity contribution in [3.63, 3.8) is 0 Å². The molecule has 0 saturated heterocycles. The Kier molecular flexibility index (Phi) is 7.53. The third-order valence-electron chi connectivity index (χ3n) is 7.35. The van der Waals surface area contributed by atoms with Gasteiger partial charge in [0.2, 0.25) is 5.88 Å². The number of aliphatic carboxylic acids is 1. The molecule has 2 heterocycles. The van der Waals surface area contributed by atoms with Crippen molar-refractivity contribution in [3.8, 4) is 28.5 Å². The number of carboxylic acid groups (broad SMARTS) is 1. The van der Waals surface area contributed by atoms with Crippen LogP contribution < -0.4 is 14.2 Å². The highest BCUT2D eigenvalue weighted by Crippen LogP contribution is 2.43. The molecule has 2 aliphatic rings. The number of nitrogens with zero attached hydrogens (tertiary/aromatic N) is 1. The molecule has 0 radical (unpaired) electrons. The van der Waals surface area contributed by atoms with Crippen molar-refractivity contribution < 1.29 is 32.5 Å². The molecular weight excluding hydrogens is 518 g/mol. The molecule has 2 aromatic carbocycles. The van der Waals surface area contributed by atoms with Gasteiger partial charge in [-0.1, -0.05) is 18.2 Å². The maximum absolute atomic E-state index is 11.4. The van der Waals surface area contributed by atoms with E-state index in [1.54, 1.807) is 12.3 Å². The zero-order chi connectivity index (χ0) is 27.7. The fraction of sp³-hybridized carbons (Fsp3) is 0.400. The molecule has 0 fully saturated rings. The maximum atomic E-state index is 11.4. The van der Waals surface area contributed by atoms with Crippen molar-refractivity contribution in [2.75, 3.05) is 25.2 Å². The molecule has 0 bridgehead atoms. The highest BCUT2D eigenvalue weighted by molar-refractivity contribution is 7.90. The van der Waals surface area contributed by atoms with E-state index in [0.717, 1.165) is 40.8 Å². The first-order valence-corrected chi connectivity index (χ1v) is 15.2. The van der Waals surface area contributed by atoms with Crippen LogP contribution in [0.3, 0.4) is 0 Å². The van der Waals surface area contributed by atoms with Crippen LogP contribution in [0.25, 0.3) is 11.1 Å². The van der Waals surface area contributed by atoms with Gasteiger partial charge in [0.25, 0.3) is 0 Å². The fourth-order valence-electron chi connectivity index (χ4n) is 5.65. The Labute approximate surface area is 228 Å². The molecule has 0 spiro atoms. The first kappa shape index (κ1) is 27.0. The van der Waals surface area contributed by atoms with Gasteiger partial charge in [-0.2, -0.15) is 0 Å². The number of hydrogen-bond donors (Lipinski definition) is 1. The van der Waals surface area contributed by atoms with Gasteiger partial charge in [0.15, 0.2) is 0 Å². The third-order valence-corrected chi connectivity index (χ3v) is 8.38. The second-order valence-electron chi connectivity index (χ2n) is 10.4. The van der Waals surface area contributed by atoms with E-state index < -0.39 is 15.8 Å². The van der Waals surface area contributed by atoms with Gasteiger partial charge >= 0.3 is 5.97 Å². The van der Waals surface area contributed by atoms with Crippen LogP contribution in [0.2, 0.25) is 0 Å². The molecular formula is C30H33NO7S. The van der Waals surface area contributed by atoms with Crippen LogP contribution in [0.5, 0.6) is 17.4 Å². The van der Waals surface area contributed by atoms with Gasteiger partial charge in [-0.15, -0.1) is 0 Å². The number of carboxylic acids is 1. The number of pyridine rings is 1. The van der Waals surface area contributed by atoms with Crippen LogP contribution in [0.4, 0.5) is 0 Å². The molecule has 1 N–H and O–H groups in total. The van der Waals surface area contributed by atoms with Crippen LogP contribution in [-0.2, 0) is 21.1 Å². The highest BCUT2D eigenvalue weighted by atomic mass is 32.2. The number of fused-ring (bicyclic) bond motifs is 2. The second-order valence-corrected chi connectivity index (χ2v) is 12.7. The van der Waals surface area contributed by atoms with Gasteiger partial charge in [-0.05, 0) is 78.6 Å². The first-order valence-electron chi connectivity index (χ1n) is 13.1. The maximum Gasteiger partial charge on any atom is 0.304 e. The summed E-state index contributed by atoms with van der Waals surface area (Å²) in [6.07, 6.45) is 4.95. The number of hydrogen-bond acceptors (Lipinski definition) is 7. The van der Waals surface area contributed by atoms with E-state index in [9.17, 15) is 13.2 Å². The Morgan fingerprint density at radius 1 is 1.15 bits per heavy atom. The number of rotatable bonds is 10. The van der Waals surface area contributed by atoms with E-state index in [2.05, 4.69) is 37.0 Å². The predicted molar refractivity (Wildman–Crippen MR) is 148 cm³/mol. The molecule has 1 aliphatic carbocycles. The Balaban J connectivity index is 1.33. The number of aromatic nitrogens is 1. The van der Waals surface area contributed by atoms with E-state index in [-0.39, 0.29) is 24.2 Å². The second kappa shape index (κ2) is 10.9. The summed E-state index contributed by atoms with van der Waals surface area (Å²) in [5.41, 5.74) is 7.75. The van der Waals surface area contributed by atoms with Crippen molar-refractivity contribution in [1.82, 2.24) is 4.98 Å². The average Bonchev–Trinajstić information content (AvgIpc) is 3.45. The van der Waals surface area contributed by atoms with E-state index in [1.165, 1.54) is 22.9 Å². The van der Waals surface area contributed by atoms with Gasteiger partial charge in [0, 0.05) is 30.0 Å². The molecule has 8 nitrogen and oxygen atoms in total. The summed E-state index contributed by atoms with van der Waals surface area (Å²) in [5, 5.41) is 9.13. The van der Waals surface area contributed by atoms with E-state index in [0.29, 0.717) is 31.3 Å². The number of ether oxygens (including phenoxy) is 3. The van der Waals surface area contributed by atoms with Crippen LogP contribution >= 0.6 is 0 Å². The number of carbonyl (C=O) groups is 1. The molecule has 0 amide bonds. The number of sulfone groups is 1. The van der Waals surface area contributed by atoms with Gasteiger partial charge < -0.3 is 19.3 Å². The summed E-state index contributed by atoms with van der Waals surface area (Å²) in [6.45, 7) is 4.83. The van der Waals surface area contributed by atoms with Crippen molar-refractivity contribution in [2.45, 2.75) is 51.6 Å². The lowest BCUT2D eigenvalue weighted by Gasteiger charge is -2.18. The van der Waals surface area contributed by atoms with Gasteiger partial charge in [0.1, 0.15) is 27.4 Å².